The molecule has 0 amide bonds. The molecule has 402 valence electrons. The summed E-state index contributed by atoms with van der Waals surface area (Å²) in [4.78, 5) is 2.69. The molecule has 0 radical (unpaired) electrons. The third-order valence-corrected chi connectivity index (χ3v) is 18.3. The standard InChI is InChI=1S/C79H68BN3/c1-77(2,3)52-46-63-73(61-32-16-19-37-64(61)78(4,5)6)62-48-53(81-68-39-21-17-30-57(68)59-35-24-33-55(75(59)81)50-26-12-10-13-27-50)42-44-66(62)80-67-45-43-54(49-71(67)83(72(47-52)74(63)80)70-41-23-20-38-65(70)79(7,8)9)82-69-40-22-18-31-58(69)60-36-25-34-56(76(60)82)51-28-14-11-15-29-51/h10-49,73H,1-9H3. The number of fused-ring (bicyclic) bond motifs is 10. The van der Waals surface area contributed by atoms with Crippen molar-refractivity contribution in [2.45, 2.75) is 84.5 Å². The maximum Gasteiger partial charge on any atom is 0.247 e. The van der Waals surface area contributed by atoms with Crippen molar-refractivity contribution in [3.8, 4) is 33.6 Å². The van der Waals surface area contributed by atoms with Crippen molar-refractivity contribution in [3.05, 3.63) is 276 Å². The van der Waals surface area contributed by atoms with E-state index in [9.17, 15) is 0 Å². The summed E-state index contributed by atoms with van der Waals surface area (Å²) in [5.74, 6) is -0.0797. The highest BCUT2D eigenvalue weighted by molar-refractivity contribution is 6.99. The Morgan fingerprint density at radius 1 is 0.337 bits per heavy atom. The third-order valence-electron chi connectivity index (χ3n) is 18.3. The Labute approximate surface area is 489 Å². The van der Waals surface area contributed by atoms with Gasteiger partial charge in [0, 0.05) is 67.0 Å². The summed E-state index contributed by atoms with van der Waals surface area (Å²) in [6, 6.07) is 92.3. The summed E-state index contributed by atoms with van der Waals surface area (Å²) in [5.41, 5.74) is 27.4. The molecule has 0 fully saturated rings. The Balaban J connectivity index is 1.08. The third kappa shape index (κ3) is 7.93. The van der Waals surface area contributed by atoms with Crippen LogP contribution >= 0.6 is 0 Å². The van der Waals surface area contributed by atoms with Crippen LogP contribution < -0.4 is 21.3 Å². The predicted molar refractivity (Wildman–Crippen MR) is 355 cm³/mol. The van der Waals surface area contributed by atoms with Crippen LogP contribution in [0, 0.1) is 0 Å². The Kier molecular flexibility index (Phi) is 11.5. The molecule has 1 unspecified atom stereocenters. The zero-order valence-electron chi connectivity index (χ0n) is 49.1. The van der Waals surface area contributed by atoms with Crippen LogP contribution in [0.1, 0.15) is 102 Å². The Morgan fingerprint density at radius 2 is 0.831 bits per heavy atom. The van der Waals surface area contributed by atoms with E-state index in [1.165, 1.54) is 138 Å². The van der Waals surface area contributed by atoms with Crippen LogP contribution in [0.5, 0.6) is 0 Å². The monoisotopic (exact) mass is 1070 g/mol. The fourth-order valence-corrected chi connectivity index (χ4v) is 14.5. The van der Waals surface area contributed by atoms with E-state index in [1.807, 2.05) is 0 Å². The van der Waals surface area contributed by atoms with Gasteiger partial charge in [-0.3, -0.25) is 0 Å². The zero-order valence-corrected chi connectivity index (χ0v) is 49.1. The summed E-state index contributed by atoms with van der Waals surface area (Å²) in [6.07, 6.45) is 0. The first-order valence-corrected chi connectivity index (χ1v) is 29.7. The maximum absolute atomic E-state index is 2.69. The molecule has 0 N–H and O–H groups in total. The molecule has 3 nitrogen and oxygen atoms in total. The van der Waals surface area contributed by atoms with E-state index >= 15 is 0 Å². The number of aromatic nitrogens is 2. The number of hydrogen-bond acceptors (Lipinski definition) is 1. The minimum Gasteiger partial charge on any atom is -0.311 e. The van der Waals surface area contributed by atoms with Gasteiger partial charge in [0.15, 0.2) is 0 Å². The molecule has 0 aliphatic carbocycles. The maximum atomic E-state index is 2.69. The van der Waals surface area contributed by atoms with Crippen molar-refractivity contribution in [3.63, 3.8) is 0 Å². The molecule has 15 rings (SSSR count). The van der Waals surface area contributed by atoms with Crippen molar-refractivity contribution >= 4 is 83.8 Å². The normalized spacial score (nSPS) is 14.2. The molecule has 4 heteroatoms. The molecular formula is C79H68BN3. The number of anilines is 3. The first kappa shape index (κ1) is 50.8. The van der Waals surface area contributed by atoms with E-state index in [4.69, 9.17) is 0 Å². The first-order chi connectivity index (χ1) is 40.1. The van der Waals surface area contributed by atoms with Gasteiger partial charge in [-0.25, -0.2) is 0 Å². The molecule has 0 bridgehead atoms. The number of benzene rings is 11. The second-order valence-corrected chi connectivity index (χ2v) is 26.5. The first-order valence-electron chi connectivity index (χ1n) is 29.7. The molecule has 11 aromatic carbocycles. The van der Waals surface area contributed by atoms with Gasteiger partial charge < -0.3 is 14.0 Å². The number of para-hydroxylation sites is 5. The van der Waals surface area contributed by atoms with Gasteiger partial charge in [-0.15, -0.1) is 0 Å². The van der Waals surface area contributed by atoms with E-state index in [-0.39, 0.29) is 28.9 Å². The van der Waals surface area contributed by atoms with Crippen LogP contribution in [-0.2, 0) is 16.2 Å². The number of nitrogens with zero attached hydrogens (tertiary/aromatic N) is 3. The smallest absolute Gasteiger partial charge is 0.247 e. The molecule has 4 heterocycles. The molecule has 0 spiro atoms. The Hall–Kier alpha value is -9.12. The highest BCUT2D eigenvalue weighted by atomic mass is 15.2. The van der Waals surface area contributed by atoms with E-state index in [0.717, 1.165) is 5.69 Å². The Bertz CT molecular complexity index is 4460. The van der Waals surface area contributed by atoms with Crippen LogP contribution in [0.25, 0.3) is 77.2 Å². The summed E-state index contributed by atoms with van der Waals surface area (Å²) in [6.45, 7) is 21.4. The molecule has 2 aliphatic heterocycles. The van der Waals surface area contributed by atoms with E-state index < -0.39 is 0 Å². The molecule has 0 saturated carbocycles. The minimum atomic E-state index is -0.178. The van der Waals surface area contributed by atoms with E-state index in [2.05, 4.69) is 319 Å². The molecule has 1 atom stereocenters. The molecule has 2 aliphatic rings. The average Bonchev–Trinajstić information content (AvgIpc) is 1.19. The summed E-state index contributed by atoms with van der Waals surface area (Å²) < 4.78 is 5.11. The van der Waals surface area contributed by atoms with Crippen molar-refractivity contribution < 1.29 is 0 Å². The summed E-state index contributed by atoms with van der Waals surface area (Å²) >= 11 is 0. The van der Waals surface area contributed by atoms with Crippen molar-refractivity contribution in [2.24, 2.45) is 0 Å². The van der Waals surface area contributed by atoms with Gasteiger partial charge in [-0.2, -0.15) is 0 Å². The summed E-state index contributed by atoms with van der Waals surface area (Å²) in [7, 11) is 0. The second kappa shape index (κ2) is 18.7. The molecular weight excluding hydrogens is 1000 g/mol. The van der Waals surface area contributed by atoms with Crippen LogP contribution in [-0.4, -0.2) is 15.8 Å². The van der Waals surface area contributed by atoms with Crippen molar-refractivity contribution in [2.75, 3.05) is 4.90 Å². The largest absolute Gasteiger partial charge is 0.311 e. The van der Waals surface area contributed by atoms with Gasteiger partial charge >= 0.3 is 0 Å². The lowest BCUT2D eigenvalue weighted by atomic mass is 9.31. The van der Waals surface area contributed by atoms with Crippen LogP contribution in [0.2, 0.25) is 0 Å². The molecule has 83 heavy (non-hydrogen) atoms. The quantitative estimate of drug-likeness (QED) is 0.151. The van der Waals surface area contributed by atoms with Crippen molar-refractivity contribution in [1.82, 2.24) is 9.13 Å². The van der Waals surface area contributed by atoms with E-state index in [0.29, 0.717) is 0 Å². The minimum absolute atomic E-state index is 0.0747. The van der Waals surface area contributed by atoms with Crippen LogP contribution in [0.3, 0.4) is 0 Å². The van der Waals surface area contributed by atoms with Gasteiger partial charge in [-0.1, -0.05) is 262 Å². The SMILES string of the molecule is CC(C)(C)c1cc2c3c(c1)N(c1ccccc1C(C)(C)C)c1cc(-n4c5ccccc5c5cccc(-c6ccccc6)c54)ccc1B3c1ccc(-n3c4ccccc4c4cccc(-c5ccccc5)c43)cc1C2c1ccccc1C(C)(C)C. The fourth-order valence-electron chi connectivity index (χ4n) is 14.5. The van der Waals surface area contributed by atoms with Gasteiger partial charge in [0.2, 0.25) is 6.71 Å². The fraction of sp³-hybridized carbons (Fsp3) is 0.165. The zero-order chi connectivity index (χ0) is 56.7. The van der Waals surface area contributed by atoms with Gasteiger partial charge in [0.05, 0.1) is 22.1 Å². The second-order valence-electron chi connectivity index (χ2n) is 26.5. The topological polar surface area (TPSA) is 13.1 Å². The molecule has 13 aromatic rings. The molecule has 2 aromatic heterocycles. The lowest BCUT2D eigenvalue weighted by Gasteiger charge is -2.45. The van der Waals surface area contributed by atoms with Gasteiger partial charge in [0.1, 0.15) is 0 Å². The van der Waals surface area contributed by atoms with Crippen LogP contribution in [0.15, 0.2) is 243 Å². The highest BCUT2D eigenvalue weighted by Gasteiger charge is 2.46. The summed E-state index contributed by atoms with van der Waals surface area (Å²) in [5, 5.41) is 5.00. The Morgan fingerprint density at radius 3 is 1.41 bits per heavy atom. The van der Waals surface area contributed by atoms with Crippen LogP contribution in [0.4, 0.5) is 17.1 Å². The van der Waals surface area contributed by atoms with Gasteiger partial charge in [-0.05, 0) is 120 Å². The number of hydrogen-bond donors (Lipinski definition) is 0. The lowest BCUT2D eigenvalue weighted by molar-refractivity contribution is 0.579. The van der Waals surface area contributed by atoms with Gasteiger partial charge in [0.25, 0.3) is 0 Å². The van der Waals surface area contributed by atoms with Crippen molar-refractivity contribution in [1.29, 1.82) is 0 Å². The average molecular weight is 1070 g/mol. The van der Waals surface area contributed by atoms with E-state index in [1.54, 1.807) is 0 Å². The highest BCUT2D eigenvalue weighted by Crippen LogP contribution is 2.50. The predicted octanol–water partition coefficient (Wildman–Crippen LogP) is 18.9. The lowest BCUT2D eigenvalue weighted by Crippen LogP contribution is -2.62. The number of rotatable bonds is 6. The molecule has 0 saturated heterocycles.